The molecule has 1 aliphatic rings. The molecule has 17 heavy (non-hydrogen) atoms. The third kappa shape index (κ3) is 3.70. The number of hydrogen-bond acceptors (Lipinski definition) is 4. The van der Waals surface area contributed by atoms with Crippen LogP contribution in [0.3, 0.4) is 0 Å². The van der Waals surface area contributed by atoms with Gasteiger partial charge in [-0.25, -0.2) is 0 Å². The van der Waals surface area contributed by atoms with E-state index in [2.05, 4.69) is 4.90 Å². The van der Waals surface area contributed by atoms with Gasteiger partial charge in [0.05, 0.1) is 6.61 Å². The molecule has 5 nitrogen and oxygen atoms in total. The summed E-state index contributed by atoms with van der Waals surface area (Å²) in [5.74, 6) is -0.424. The number of rotatable bonds is 5. The van der Waals surface area contributed by atoms with Crippen LogP contribution in [0.5, 0.6) is 0 Å². The predicted molar refractivity (Wildman–Crippen MR) is 64.2 cm³/mol. The lowest BCUT2D eigenvalue weighted by Crippen LogP contribution is -2.47. The van der Waals surface area contributed by atoms with Gasteiger partial charge in [0.25, 0.3) is 0 Å². The molecule has 1 unspecified atom stereocenters. The molecule has 0 bridgehead atoms. The van der Waals surface area contributed by atoms with E-state index in [0.717, 1.165) is 32.4 Å². The monoisotopic (exact) mass is 242 g/mol. The minimum atomic E-state index is -0.228. The zero-order valence-electron chi connectivity index (χ0n) is 10.6. The highest BCUT2D eigenvalue weighted by atomic mass is 16.5. The molecule has 0 aliphatic carbocycles. The van der Waals surface area contributed by atoms with Crippen molar-refractivity contribution in [3.63, 3.8) is 0 Å². The molecule has 0 spiro atoms. The van der Waals surface area contributed by atoms with E-state index in [1.54, 1.807) is 0 Å². The van der Waals surface area contributed by atoms with Gasteiger partial charge < -0.3 is 10.5 Å². The van der Waals surface area contributed by atoms with Crippen molar-refractivity contribution in [2.45, 2.75) is 39.2 Å². The second-order valence-electron chi connectivity index (χ2n) is 4.39. The molecule has 1 heterocycles. The van der Waals surface area contributed by atoms with Crippen LogP contribution in [0.15, 0.2) is 0 Å². The zero-order valence-corrected chi connectivity index (χ0v) is 10.6. The quantitative estimate of drug-likeness (QED) is 0.714. The van der Waals surface area contributed by atoms with Crippen molar-refractivity contribution in [2.75, 3.05) is 19.7 Å². The van der Waals surface area contributed by atoms with E-state index >= 15 is 0 Å². The molecule has 0 aromatic rings. The van der Waals surface area contributed by atoms with Crippen LogP contribution in [0.2, 0.25) is 0 Å². The van der Waals surface area contributed by atoms with Crippen molar-refractivity contribution in [2.24, 2.45) is 11.7 Å². The molecule has 2 N–H and O–H groups in total. The molecule has 0 aromatic carbocycles. The Bertz CT molecular complexity index is 273. The number of likely N-dealkylation sites (tertiary alicyclic amines) is 1. The molecule has 1 amide bonds. The van der Waals surface area contributed by atoms with Crippen molar-refractivity contribution >= 4 is 11.9 Å². The summed E-state index contributed by atoms with van der Waals surface area (Å²) in [6.45, 7) is 5.68. The molecule has 1 saturated heterocycles. The Kier molecular flexibility index (Phi) is 5.41. The predicted octanol–water partition coefficient (Wildman–Crippen LogP) is 0.525. The molecule has 1 aliphatic heterocycles. The smallest absolute Gasteiger partial charge is 0.323 e. The summed E-state index contributed by atoms with van der Waals surface area (Å²) in [6.07, 6.45) is 2.22. The number of nitrogens with zero attached hydrogens (tertiary/aromatic N) is 1. The first kappa shape index (κ1) is 14.0. The molecular formula is C12H22N2O3. The van der Waals surface area contributed by atoms with E-state index in [1.807, 2.05) is 13.8 Å². The first-order valence-electron chi connectivity index (χ1n) is 6.30. The summed E-state index contributed by atoms with van der Waals surface area (Å²) in [7, 11) is 0. The fourth-order valence-electron chi connectivity index (χ4n) is 2.31. The number of amides is 1. The van der Waals surface area contributed by atoms with Crippen molar-refractivity contribution in [3.8, 4) is 0 Å². The third-order valence-corrected chi connectivity index (χ3v) is 3.32. The number of carbonyl (C=O) groups excluding carboxylic acids is 2. The fourth-order valence-corrected chi connectivity index (χ4v) is 2.31. The number of ether oxygens (including phenoxy) is 1. The standard InChI is InChI=1S/C12H22N2O3/c1-3-10(12(16)17-4-2)14-7-5-9(6-8-14)11(13)15/h9-10H,3-8H2,1-2H3,(H2,13,15). The van der Waals surface area contributed by atoms with Crippen LogP contribution >= 0.6 is 0 Å². The van der Waals surface area contributed by atoms with Gasteiger partial charge in [0.1, 0.15) is 6.04 Å². The number of primary amides is 1. The molecule has 1 atom stereocenters. The topological polar surface area (TPSA) is 72.6 Å². The van der Waals surface area contributed by atoms with E-state index in [1.165, 1.54) is 0 Å². The molecule has 0 saturated carbocycles. The Morgan fingerprint density at radius 1 is 1.35 bits per heavy atom. The maximum absolute atomic E-state index is 11.7. The van der Waals surface area contributed by atoms with Crippen molar-refractivity contribution < 1.29 is 14.3 Å². The van der Waals surface area contributed by atoms with Gasteiger partial charge in [-0.2, -0.15) is 0 Å². The number of esters is 1. The highest BCUT2D eigenvalue weighted by Crippen LogP contribution is 2.20. The van der Waals surface area contributed by atoms with Crippen LogP contribution in [0.25, 0.3) is 0 Å². The summed E-state index contributed by atoms with van der Waals surface area (Å²) in [5.41, 5.74) is 5.28. The summed E-state index contributed by atoms with van der Waals surface area (Å²) >= 11 is 0. The first-order chi connectivity index (χ1) is 8.10. The van der Waals surface area contributed by atoms with Crippen LogP contribution in [0, 0.1) is 5.92 Å². The number of carbonyl (C=O) groups is 2. The van der Waals surface area contributed by atoms with Crippen LogP contribution in [-0.2, 0) is 14.3 Å². The molecule has 0 radical (unpaired) electrons. The first-order valence-corrected chi connectivity index (χ1v) is 6.30. The Morgan fingerprint density at radius 2 is 1.94 bits per heavy atom. The Balaban J connectivity index is 2.50. The molecule has 0 aromatic heterocycles. The van der Waals surface area contributed by atoms with Crippen molar-refractivity contribution in [1.82, 2.24) is 4.90 Å². The number of nitrogens with two attached hydrogens (primary N) is 1. The maximum atomic E-state index is 11.7. The lowest BCUT2D eigenvalue weighted by Gasteiger charge is -2.34. The molecule has 98 valence electrons. The second-order valence-corrected chi connectivity index (χ2v) is 4.39. The number of piperidine rings is 1. The molecule has 1 rings (SSSR count). The number of hydrogen-bond donors (Lipinski definition) is 1. The lowest BCUT2D eigenvalue weighted by atomic mass is 9.95. The average Bonchev–Trinajstić information content (AvgIpc) is 2.31. The largest absolute Gasteiger partial charge is 0.465 e. The normalized spacial score (nSPS) is 19.9. The van der Waals surface area contributed by atoms with E-state index in [4.69, 9.17) is 10.5 Å². The highest BCUT2D eigenvalue weighted by molar-refractivity contribution is 5.77. The third-order valence-electron chi connectivity index (χ3n) is 3.32. The Labute approximate surface area is 102 Å². The Morgan fingerprint density at radius 3 is 2.35 bits per heavy atom. The molecule has 1 fully saturated rings. The Hall–Kier alpha value is -1.10. The van der Waals surface area contributed by atoms with E-state index < -0.39 is 0 Å². The van der Waals surface area contributed by atoms with E-state index in [9.17, 15) is 9.59 Å². The fraction of sp³-hybridized carbons (Fsp3) is 0.833. The van der Waals surface area contributed by atoms with Crippen LogP contribution in [0.1, 0.15) is 33.1 Å². The van der Waals surface area contributed by atoms with Crippen LogP contribution < -0.4 is 5.73 Å². The van der Waals surface area contributed by atoms with Gasteiger partial charge in [-0.1, -0.05) is 6.92 Å². The van der Waals surface area contributed by atoms with E-state index in [-0.39, 0.29) is 23.8 Å². The minimum Gasteiger partial charge on any atom is -0.465 e. The van der Waals surface area contributed by atoms with Gasteiger partial charge >= 0.3 is 5.97 Å². The molecular weight excluding hydrogens is 220 g/mol. The molecule has 5 heteroatoms. The van der Waals surface area contributed by atoms with Gasteiger partial charge in [0.15, 0.2) is 0 Å². The maximum Gasteiger partial charge on any atom is 0.323 e. The summed E-state index contributed by atoms with van der Waals surface area (Å²) in [4.78, 5) is 24.9. The van der Waals surface area contributed by atoms with Gasteiger partial charge in [0.2, 0.25) is 5.91 Å². The second kappa shape index (κ2) is 6.59. The highest BCUT2D eigenvalue weighted by Gasteiger charge is 2.30. The van der Waals surface area contributed by atoms with Crippen molar-refractivity contribution in [3.05, 3.63) is 0 Å². The summed E-state index contributed by atoms with van der Waals surface area (Å²) < 4.78 is 5.05. The minimum absolute atomic E-state index is 0.0362. The SMILES string of the molecule is CCOC(=O)C(CC)N1CCC(C(N)=O)CC1. The van der Waals surface area contributed by atoms with E-state index in [0.29, 0.717) is 6.61 Å². The summed E-state index contributed by atoms with van der Waals surface area (Å²) in [5, 5.41) is 0. The zero-order chi connectivity index (χ0) is 12.8. The average molecular weight is 242 g/mol. The van der Waals surface area contributed by atoms with Gasteiger partial charge in [-0.05, 0) is 39.3 Å². The summed E-state index contributed by atoms with van der Waals surface area (Å²) in [6, 6.07) is -0.177. The van der Waals surface area contributed by atoms with Crippen LogP contribution in [-0.4, -0.2) is 42.5 Å². The van der Waals surface area contributed by atoms with Crippen molar-refractivity contribution in [1.29, 1.82) is 0 Å². The van der Waals surface area contributed by atoms with Gasteiger partial charge in [-0.3, -0.25) is 14.5 Å². The van der Waals surface area contributed by atoms with Crippen LogP contribution in [0.4, 0.5) is 0 Å². The van der Waals surface area contributed by atoms with Gasteiger partial charge in [0, 0.05) is 5.92 Å². The van der Waals surface area contributed by atoms with Gasteiger partial charge in [-0.15, -0.1) is 0 Å². The lowest BCUT2D eigenvalue weighted by molar-refractivity contribution is -0.150.